The molecular weight excluding hydrogens is 376 g/mol. The van der Waals surface area contributed by atoms with Crippen LogP contribution in [0.3, 0.4) is 0 Å². The third kappa shape index (κ3) is 5.01. The smallest absolute Gasteiger partial charge is 0.242 e. The van der Waals surface area contributed by atoms with Gasteiger partial charge in [-0.2, -0.15) is 0 Å². The van der Waals surface area contributed by atoms with Crippen LogP contribution >= 0.6 is 0 Å². The molecule has 0 aromatic heterocycles. The normalized spacial score (nSPS) is 24.5. The first-order chi connectivity index (χ1) is 14.6. The summed E-state index contributed by atoms with van der Waals surface area (Å²) >= 11 is 0. The standard InChI is InChI=1S/C24H32N4O2/c1-17-6-3-4-13-28(17)16-18-7-5-8-20(14-18)25-24(29)23-15-22(26-27-23)19-9-11-21(30-2)12-10-19/h5,7-12,14,17,22-23,26-27H,3-4,6,13,15-16H2,1-2H3,(H,25,29). The zero-order chi connectivity index (χ0) is 20.9. The first-order valence-electron chi connectivity index (χ1n) is 10.9. The van der Waals surface area contributed by atoms with Gasteiger partial charge in [0, 0.05) is 24.3 Å². The Kier molecular flexibility index (Phi) is 6.67. The van der Waals surface area contributed by atoms with Crippen LogP contribution in [0.5, 0.6) is 5.75 Å². The van der Waals surface area contributed by atoms with E-state index in [2.05, 4.69) is 40.1 Å². The molecule has 1 amide bonds. The number of amides is 1. The highest BCUT2D eigenvalue weighted by molar-refractivity contribution is 5.95. The number of rotatable bonds is 6. The van der Waals surface area contributed by atoms with Crippen LogP contribution in [0.1, 0.15) is 49.8 Å². The minimum atomic E-state index is -0.275. The van der Waals surface area contributed by atoms with E-state index in [0.717, 1.165) is 30.1 Å². The largest absolute Gasteiger partial charge is 0.497 e. The van der Waals surface area contributed by atoms with Gasteiger partial charge < -0.3 is 10.1 Å². The van der Waals surface area contributed by atoms with Crippen LogP contribution in [0.25, 0.3) is 0 Å². The minimum absolute atomic E-state index is 0.0120. The maximum Gasteiger partial charge on any atom is 0.242 e. The SMILES string of the molecule is COc1ccc(C2CC(C(=O)Nc3cccc(CN4CCCCC4C)c3)NN2)cc1. The molecule has 30 heavy (non-hydrogen) atoms. The van der Waals surface area contributed by atoms with E-state index in [-0.39, 0.29) is 18.0 Å². The van der Waals surface area contributed by atoms with Crippen molar-refractivity contribution in [2.24, 2.45) is 0 Å². The number of nitrogens with zero attached hydrogens (tertiary/aromatic N) is 1. The number of nitrogens with one attached hydrogen (secondary N) is 3. The van der Waals surface area contributed by atoms with Crippen molar-refractivity contribution >= 4 is 11.6 Å². The number of ether oxygens (including phenoxy) is 1. The number of carbonyl (C=O) groups is 1. The summed E-state index contributed by atoms with van der Waals surface area (Å²) in [6.45, 7) is 4.40. The predicted octanol–water partition coefficient (Wildman–Crippen LogP) is 3.62. The second-order valence-electron chi connectivity index (χ2n) is 8.41. The van der Waals surface area contributed by atoms with Gasteiger partial charge in [-0.05, 0) is 68.1 Å². The van der Waals surface area contributed by atoms with E-state index in [4.69, 9.17) is 4.74 Å². The van der Waals surface area contributed by atoms with Gasteiger partial charge in [0.2, 0.25) is 5.91 Å². The molecule has 3 N–H and O–H groups in total. The predicted molar refractivity (Wildman–Crippen MR) is 119 cm³/mol. The fourth-order valence-corrected chi connectivity index (χ4v) is 4.39. The summed E-state index contributed by atoms with van der Waals surface area (Å²) in [6.07, 6.45) is 4.57. The van der Waals surface area contributed by atoms with Crippen molar-refractivity contribution in [3.63, 3.8) is 0 Å². The van der Waals surface area contributed by atoms with Crippen molar-refractivity contribution < 1.29 is 9.53 Å². The van der Waals surface area contributed by atoms with Gasteiger partial charge in [-0.25, -0.2) is 10.9 Å². The second-order valence-corrected chi connectivity index (χ2v) is 8.41. The number of hydrazine groups is 1. The molecule has 2 saturated heterocycles. The lowest BCUT2D eigenvalue weighted by atomic mass is 10.0. The Labute approximate surface area is 179 Å². The summed E-state index contributed by atoms with van der Waals surface area (Å²) in [5.41, 5.74) is 9.62. The van der Waals surface area contributed by atoms with Crippen molar-refractivity contribution in [2.75, 3.05) is 19.0 Å². The van der Waals surface area contributed by atoms with Crippen LogP contribution < -0.4 is 20.9 Å². The highest BCUT2D eigenvalue weighted by atomic mass is 16.5. The Bertz CT molecular complexity index is 855. The number of benzene rings is 2. The van der Waals surface area contributed by atoms with E-state index in [1.807, 2.05) is 36.4 Å². The van der Waals surface area contributed by atoms with Crippen molar-refractivity contribution in [3.8, 4) is 5.75 Å². The van der Waals surface area contributed by atoms with E-state index >= 15 is 0 Å². The minimum Gasteiger partial charge on any atom is -0.497 e. The lowest BCUT2D eigenvalue weighted by Gasteiger charge is -2.33. The molecule has 2 aromatic rings. The van der Waals surface area contributed by atoms with Gasteiger partial charge in [-0.3, -0.25) is 9.69 Å². The highest BCUT2D eigenvalue weighted by Crippen LogP contribution is 2.25. The van der Waals surface area contributed by atoms with Gasteiger partial charge >= 0.3 is 0 Å². The van der Waals surface area contributed by atoms with E-state index in [1.165, 1.54) is 24.8 Å². The zero-order valence-electron chi connectivity index (χ0n) is 17.9. The number of carbonyl (C=O) groups excluding carboxylic acids is 1. The highest BCUT2D eigenvalue weighted by Gasteiger charge is 2.30. The fraction of sp³-hybridized carbons (Fsp3) is 0.458. The molecule has 0 saturated carbocycles. The van der Waals surface area contributed by atoms with Crippen LogP contribution in [-0.2, 0) is 11.3 Å². The Morgan fingerprint density at radius 2 is 2.00 bits per heavy atom. The maximum atomic E-state index is 12.8. The van der Waals surface area contributed by atoms with E-state index in [9.17, 15) is 4.79 Å². The van der Waals surface area contributed by atoms with E-state index in [1.54, 1.807) is 7.11 Å². The average molecular weight is 409 g/mol. The third-order valence-corrected chi connectivity index (χ3v) is 6.26. The van der Waals surface area contributed by atoms with Gasteiger partial charge in [0.05, 0.1) is 7.11 Å². The molecule has 2 fully saturated rings. The van der Waals surface area contributed by atoms with Crippen LogP contribution in [0, 0.1) is 0 Å². The molecule has 0 spiro atoms. The second kappa shape index (κ2) is 9.60. The van der Waals surface area contributed by atoms with Crippen LogP contribution in [-0.4, -0.2) is 36.5 Å². The molecule has 4 rings (SSSR count). The Morgan fingerprint density at radius 1 is 1.17 bits per heavy atom. The van der Waals surface area contributed by atoms with Gasteiger partial charge in [0.15, 0.2) is 0 Å². The van der Waals surface area contributed by atoms with Crippen molar-refractivity contribution in [1.29, 1.82) is 0 Å². The summed E-state index contributed by atoms with van der Waals surface area (Å²) in [5, 5.41) is 3.08. The molecule has 0 bridgehead atoms. The van der Waals surface area contributed by atoms with Crippen LogP contribution in [0.2, 0.25) is 0 Å². The van der Waals surface area contributed by atoms with Crippen LogP contribution in [0.4, 0.5) is 5.69 Å². The van der Waals surface area contributed by atoms with Gasteiger partial charge in [-0.1, -0.05) is 30.7 Å². The lowest BCUT2D eigenvalue weighted by molar-refractivity contribution is -0.117. The molecule has 160 valence electrons. The molecule has 3 unspecified atom stereocenters. The molecule has 3 atom stereocenters. The Morgan fingerprint density at radius 3 is 2.77 bits per heavy atom. The number of methoxy groups -OCH3 is 1. The van der Waals surface area contributed by atoms with Crippen molar-refractivity contribution in [1.82, 2.24) is 15.8 Å². The summed E-state index contributed by atoms with van der Waals surface area (Å²) in [5.74, 6) is 0.819. The van der Waals surface area contributed by atoms with Gasteiger partial charge in [0.1, 0.15) is 11.8 Å². The Balaban J connectivity index is 1.33. The van der Waals surface area contributed by atoms with Gasteiger partial charge in [0.25, 0.3) is 0 Å². The number of hydrogen-bond donors (Lipinski definition) is 3. The molecule has 6 nitrogen and oxygen atoms in total. The third-order valence-electron chi connectivity index (χ3n) is 6.26. The fourth-order valence-electron chi connectivity index (χ4n) is 4.39. The molecular formula is C24H32N4O2. The summed E-state index contributed by atoms with van der Waals surface area (Å²) in [6, 6.07) is 16.6. The molecule has 2 aliphatic rings. The topological polar surface area (TPSA) is 65.6 Å². The molecule has 0 aliphatic carbocycles. The number of likely N-dealkylation sites (tertiary alicyclic amines) is 1. The first-order valence-corrected chi connectivity index (χ1v) is 10.9. The molecule has 0 radical (unpaired) electrons. The van der Waals surface area contributed by atoms with E-state index in [0.29, 0.717) is 12.5 Å². The lowest BCUT2D eigenvalue weighted by Crippen LogP contribution is -2.39. The monoisotopic (exact) mass is 408 g/mol. The van der Waals surface area contributed by atoms with Gasteiger partial charge in [-0.15, -0.1) is 0 Å². The maximum absolute atomic E-state index is 12.8. The zero-order valence-corrected chi connectivity index (χ0v) is 17.9. The number of piperidine rings is 1. The first kappa shape index (κ1) is 20.8. The van der Waals surface area contributed by atoms with Crippen LogP contribution in [0.15, 0.2) is 48.5 Å². The molecule has 6 heteroatoms. The van der Waals surface area contributed by atoms with E-state index < -0.39 is 0 Å². The summed E-state index contributed by atoms with van der Waals surface area (Å²) in [7, 11) is 1.66. The number of anilines is 1. The van der Waals surface area contributed by atoms with Crippen molar-refractivity contribution in [2.45, 2.75) is 57.3 Å². The molecule has 2 heterocycles. The van der Waals surface area contributed by atoms with Crippen molar-refractivity contribution in [3.05, 3.63) is 59.7 Å². The molecule has 2 aromatic carbocycles. The Hall–Kier alpha value is -2.41. The quantitative estimate of drug-likeness (QED) is 0.681. The molecule has 2 aliphatic heterocycles. The summed E-state index contributed by atoms with van der Waals surface area (Å²) in [4.78, 5) is 15.3. The summed E-state index contributed by atoms with van der Waals surface area (Å²) < 4.78 is 5.22. The number of hydrogen-bond acceptors (Lipinski definition) is 5. The average Bonchev–Trinajstić information content (AvgIpc) is 3.26.